The average Bonchev–Trinajstić information content (AvgIpc) is 2.72. The summed E-state index contributed by atoms with van der Waals surface area (Å²) in [5, 5.41) is 12.7. The zero-order chi connectivity index (χ0) is 20.6. The number of fused-ring (bicyclic) bond motifs is 11. The van der Waals surface area contributed by atoms with Crippen molar-refractivity contribution in [3.8, 4) is 0 Å². The van der Waals surface area contributed by atoms with Crippen molar-refractivity contribution in [2.24, 2.45) is 0 Å². The lowest BCUT2D eigenvalue weighted by Gasteiger charge is -2.17. The van der Waals surface area contributed by atoms with Crippen LogP contribution in [0.1, 0.15) is 0 Å². The smallest absolute Gasteiger partial charge is 0.0181 e. The molecule has 6 aromatic rings. The van der Waals surface area contributed by atoms with Gasteiger partial charge in [0.2, 0.25) is 0 Å². The first-order chi connectivity index (χ1) is 14.5. The molecule has 6 aromatic carbocycles. The van der Waals surface area contributed by atoms with Gasteiger partial charge in [-0.05, 0) is 102 Å². The zero-order valence-electron chi connectivity index (χ0n) is 15.4. The summed E-state index contributed by atoms with van der Waals surface area (Å²) in [4.78, 5) is 0. The van der Waals surface area contributed by atoms with Crippen LogP contribution in [0.3, 0.4) is 0 Å². The Hall–Kier alpha value is -1.46. The molecule has 0 saturated carbocycles. The molecule has 0 spiro atoms. The SMILES string of the molecule is Brc1ccc2c3ccc(Br)cc3c3c4cc(Br)ccc4c4ccc(Br)cc4c3c2c1. The Labute approximate surface area is 206 Å². The molecule has 0 aliphatic rings. The molecule has 0 N–H and O–H groups in total. The molecule has 30 heavy (non-hydrogen) atoms. The monoisotopic (exact) mass is 640 g/mol. The third kappa shape index (κ3) is 2.81. The Morgan fingerprint density at radius 3 is 0.767 bits per heavy atom. The molecule has 6 rings (SSSR count). The normalized spacial score (nSPS) is 12.0. The highest BCUT2D eigenvalue weighted by molar-refractivity contribution is 9.11. The van der Waals surface area contributed by atoms with Crippen molar-refractivity contribution in [3.63, 3.8) is 0 Å². The fraction of sp³-hybridized carbons (Fsp3) is 0. The van der Waals surface area contributed by atoms with Crippen LogP contribution < -0.4 is 0 Å². The van der Waals surface area contributed by atoms with Crippen LogP contribution in [-0.4, -0.2) is 0 Å². The molecule has 0 unspecified atom stereocenters. The van der Waals surface area contributed by atoms with Crippen LogP contribution in [0.15, 0.2) is 90.7 Å². The maximum Gasteiger partial charge on any atom is 0.0181 e. The average molecular weight is 644 g/mol. The van der Waals surface area contributed by atoms with Crippen LogP contribution in [-0.2, 0) is 0 Å². The van der Waals surface area contributed by atoms with Crippen molar-refractivity contribution >= 4 is 118 Å². The Morgan fingerprint density at radius 2 is 0.533 bits per heavy atom. The van der Waals surface area contributed by atoms with Crippen molar-refractivity contribution < 1.29 is 0 Å². The van der Waals surface area contributed by atoms with Gasteiger partial charge in [0.25, 0.3) is 0 Å². The summed E-state index contributed by atoms with van der Waals surface area (Å²) in [6.07, 6.45) is 0. The van der Waals surface area contributed by atoms with E-state index in [1.165, 1.54) is 53.9 Å². The summed E-state index contributed by atoms with van der Waals surface area (Å²) in [7, 11) is 0. The number of hydrogen-bond acceptors (Lipinski definition) is 0. The molecule has 0 aromatic heterocycles. The first kappa shape index (κ1) is 19.2. The molecular formula is C26H12Br4. The molecule has 0 amide bonds. The molecule has 144 valence electrons. The highest BCUT2D eigenvalue weighted by atomic mass is 79.9. The Morgan fingerprint density at radius 1 is 0.300 bits per heavy atom. The van der Waals surface area contributed by atoms with E-state index in [0.29, 0.717) is 0 Å². The summed E-state index contributed by atoms with van der Waals surface area (Å²) in [5.41, 5.74) is 0. The maximum atomic E-state index is 3.71. The Bertz CT molecular complexity index is 1430. The summed E-state index contributed by atoms with van der Waals surface area (Å²) in [6.45, 7) is 0. The van der Waals surface area contributed by atoms with Gasteiger partial charge in [-0.15, -0.1) is 0 Å². The van der Waals surface area contributed by atoms with Crippen LogP contribution in [0, 0.1) is 0 Å². The van der Waals surface area contributed by atoms with E-state index >= 15 is 0 Å². The van der Waals surface area contributed by atoms with Crippen molar-refractivity contribution in [3.05, 3.63) is 90.7 Å². The van der Waals surface area contributed by atoms with Crippen LogP contribution in [0.4, 0.5) is 0 Å². The number of benzene rings is 6. The summed E-state index contributed by atoms with van der Waals surface area (Å²) < 4.78 is 4.35. The van der Waals surface area contributed by atoms with Crippen molar-refractivity contribution in [1.29, 1.82) is 0 Å². The molecular weight excluding hydrogens is 632 g/mol. The van der Waals surface area contributed by atoms with E-state index in [0.717, 1.165) is 17.9 Å². The third-order valence-corrected chi connectivity index (χ3v) is 7.81. The predicted octanol–water partition coefficient (Wildman–Crippen LogP) is 10.5. The molecule has 0 aliphatic carbocycles. The molecule has 0 saturated heterocycles. The Kier molecular flexibility index (Phi) is 4.51. The van der Waals surface area contributed by atoms with Gasteiger partial charge in [-0.2, -0.15) is 0 Å². The fourth-order valence-electron chi connectivity index (χ4n) is 4.66. The summed E-state index contributed by atoms with van der Waals surface area (Å²) in [5.74, 6) is 0. The molecule has 0 atom stereocenters. The van der Waals surface area contributed by atoms with E-state index in [9.17, 15) is 0 Å². The molecule has 0 heterocycles. The van der Waals surface area contributed by atoms with E-state index in [2.05, 4.69) is 137 Å². The second-order valence-corrected chi connectivity index (χ2v) is 11.2. The topological polar surface area (TPSA) is 0 Å². The first-order valence-corrected chi connectivity index (χ1v) is 12.6. The minimum absolute atomic E-state index is 1.09. The molecule has 4 heteroatoms. The zero-order valence-corrected chi connectivity index (χ0v) is 21.8. The molecule has 0 bridgehead atoms. The Balaban J connectivity index is 2.11. The number of hydrogen-bond donors (Lipinski definition) is 0. The lowest BCUT2D eigenvalue weighted by Crippen LogP contribution is -1.89. The van der Waals surface area contributed by atoms with Crippen molar-refractivity contribution in [2.45, 2.75) is 0 Å². The number of rotatable bonds is 0. The van der Waals surface area contributed by atoms with E-state index in [4.69, 9.17) is 0 Å². The predicted molar refractivity (Wildman–Crippen MR) is 145 cm³/mol. The van der Waals surface area contributed by atoms with Gasteiger partial charge < -0.3 is 0 Å². The highest BCUT2D eigenvalue weighted by Gasteiger charge is 2.17. The van der Waals surface area contributed by atoms with Gasteiger partial charge in [0.05, 0.1) is 0 Å². The lowest BCUT2D eigenvalue weighted by atomic mass is 9.87. The van der Waals surface area contributed by atoms with E-state index in [-0.39, 0.29) is 0 Å². The largest absolute Gasteiger partial charge is 0.0526 e. The van der Waals surface area contributed by atoms with Crippen molar-refractivity contribution in [2.75, 3.05) is 0 Å². The summed E-state index contributed by atoms with van der Waals surface area (Å²) in [6, 6.07) is 26.4. The van der Waals surface area contributed by atoms with Gasteiger partial charge >= 0.3 is 0 Å². The minimum atomic E-state index is 1.09. The van der Waals surface area contributed by atoms with Gasteiger partial charge in [0.1, 0.15) is 0 Å². The summed E-state index contributed by atoms with van der Waals surface area (Å²) >= 11 is 14.8. The molecule has 0 fully saturated rings. The van der Waals surface area contributed by atoms with E-state index in [1.54, 1.807) is 0 Å². The van der Waals surface area contributed by atoms with E-state index in [1.807, 2.05) is 0 Å². The fourth-order valence-corrected chi connectivity index (χ4v) is 6.11. The van der Waals surface area contributed by atoms with Gasteiger partial charge in [-0.3, -0.25) is 0 Å². The second kappa shape index (κ2) is 7.03. The van der Waals surface area contributed by atoms with E-state index < -0.39 is 0 Å². The van der Waals surface area contributed by atoms with Crippen LogP contribution >= 0.6 is 63.7 Å². The van der Waals surface area contributed by atoms with Crippen LogP contribution in [0.5, 0.6) is 0 Å². The first-order valence-electron chi connectivity index (χ1n) is 9.46. The van der Waals surface area contributed by atoms with Gasteiger partial charge in [0.15, 0.2) is 0 Å². The highest BCUT2D eigenvalue weighted by Crippen LogP contribution is 2.45. The third-order valence-electron chi connectivity index (χ3n) is 5.83. The minimum Gasteiger partial charge on any atom is -0.0526 e. The van der Waals surface area contributed by atoms with Gasteiger partial charge in [-0.25, -0.2) is 0 Å². The molecule has 0 nitrogen and oxygen atoms in total. The number of halogens is 4. The van der Waals surface area contributed by atoms with Gasteiger partial charge in [0, 0.05) is 17.9 Å². The second-order valence-electron chi connectivity index (χ2n) is 7.51. The van der Waals surface area contributed by atoms with Crippen molar-refractivity contribution in [1.82, 2.24) is 0 Å². The molecule has 0 radical (unpaired) electrons. The van der Waals surface area contributed by atoms with Crippen LogP contribution in [0.2, 0.25) is 0 Å². The van der Waals surface area contributed by atoms with Gasteiger partial charge in [-0.1, -0.05) is 88.0 Å². The standard InChI is InChI=1S/C26H12Br4/c27-13-1-5-17-18-6-2-14(28)10-22(18)26-24-12-16(30)4-8-20(24)19-7-3-15(29)11-23(19)25(26)21(17)9-13/h1-12H. The lowest BCUT2D eigenvalue weighted by molar-refractivity contribution is 1.71. The molecule has 0 aliphatic heterocycles. The quantitative estimate of drug-likeness (QED) is 0.145. The maximum absolute atomic E-state index is 3.71. The van der Waals surface area contributed by atoms with Crippen LogP contribution in [0.25, 0.3) is 53.9 Å².